The molecule has 138 valence electrons. The van der Waals surface area contributed by atoms with Crippen molar-refractivity contribution in [2.75, 3.05) is 11.4 Å². The van der Waals surface area contributed by atoms with Crippen LogP contribution in [0.4, 0.5) is 10.1 Å². The Hall–Kier alpha value is -2.86. The zero-order valence-corrected chi connectivity index (χ0v) is 15.7. The van der Waals surface area contributed by atoms with Crippen LogP contribution in [0.25, 0.3) is 11.1 Å². The van der Waals surface area contributed by atoms with E-state index in [9.17, 15) is 12.8 Å². The van der Waals surface area contributed by atoms with E-state index in [1.54, 1.807) is 12.1 Å². The van der Waals surface area contributed by atoms with Crippen molar-refractivity contribution in [3.8, 4) is 16.9 Å². The summed E-state index contributed by atoms with van der Waals surface area (Å²) in [6.45, 7) is 1.84. The highest BCUT2D eigenvalue weighted by atomic mass is 32.2. The molecule has 3 aromatic rings. The second-order valence-electron chi connectivity index (χ2n) is 6.40. The van der Waals surface area contributed by atoms with Crippen LogP contribution in [-0.2, 0) is 10.0 Å². The predicted octanol–water partition coefficient (Wildman–Crippen LogP) is 4.77. The molecule has 0 amide bonds. The van der Waals surface area contributed by atoms with E-state index < -0.39 is 21.9 Å². The first-order chi connectivity index (χ1) is 12.9. The summed E-state index contributed by atoms with van der Waals surface area (Å²) in [5.41, 5.74) is 2.71. The second-order valence-corrected chi connectivity index (χ2v) is 8.22. The molecule has 0 spiro atoms. The molecule has 1 aliphatic heterocycles. The van der Waals surface area contributed by atoms with Gasteiger partial charge < -0.3 is 4.74 Å². The molecule has 0 fully saturated rings. The van der Waals surface area contributed by atoms with E-state index >= 15 is 0 Å². The summed E-state index contributed by atoms with van der Waals surface area (Å²) in [6, 6.07) is 17.6. The van der Waals surface area contributed by atoms with Gasteiger partial charge in [-0.05, 0) is 48.4 Å². The SMILES string of the molecule is COc1cccc(S(=O)(=O)N2c3ccc(F)cc3-c3ccccc3C2C)c1. The monoisotopic (exact) mass is 383 g/mol. The number of fused-ring (bicyclic) bond motifs is 3. The molecule has 27 heavy (non-hydrogen) atoms. The fourth-order valence-corrected chi connectivity index (χ4v) is 5.26. The van der Waals surface area contributed by atoms with Gasteiger partial charge in [0.2, 0.25) is 0 Å². The molecule has 0 radical (unpaired) electrons. The van der Waals surface area contributed by atoms with Crippen LogP contribution in [0.5, 0.6) is 5.75 Å². The number of anilines is 1. The van der Waals surface area contributed by atoms with Crippen molar-refractivity contribution in [3.63, 3.8) is 0 Å². The average Bonchev–Trinajstić information content (AvgIpc) is 2.68. The molecule has 1 atom stereocenters. The van der Waals surface area contributed by atoms with Gasteiger partial charge >= 0.3 is 0 Å². The third-order valence-corrected chi connectivity index (χ3v) is 6.73. The molecule has 1 aliphatic rings. The highest BCUT2D eigenvalue weighted by Crippen LogP contribution is 2.47. The molecule has 1 unspecified atom stereocenters. The summed E-state index contributed by atoms with van der Waals surface area (Å²) in [6.07, 6.45) is 0. The van der Waals surface area contributed by atoms with Gasteiger partial charge in [0.1, 0.15) is 11.6 Å². The van der Waals surface area contributed by atoms with Crippen molar-refractivity contribution < 1.29 is 17.5 Å². The Labute approximate surface area is 157 Å². The quantitative estimate of drug-likeness (QED) is 0.654. The van der Waals surface area contributed by atoms with Gasteiger partial charge in [-0.25, -0.2) is 12.8 Å². The minimum atomic E-state index is -3.88. The van der Waals surface area contributed by atoms with Crippen LogP contribution in [0.1, 0.15) is 18.5 Å². The summed E-state index contributed by atoms with van der Waals surface area (Å²) < 4.78 is 47.5. The van der Waals surface area contributed by atoms with Gasteiger partial charge in [-0.2, -0.15) is 0 Å². The summed E-state index contributed by atoms with van der Waals surface area (Å²) in [5, 5.41) is 0. The summed E-state index contributed by atoms with van der Waals surface area (Å²) >= 11 is 0. The van der Waals surface area contributed by atoms with Crippen molar-refractivity contribution in [3.05, 3.63) is 78.1 Å². The number of hydrogen-bond acceptors (Lipinski definition) is 3. The van der Waals surface area contributed by atoms with E-state index in [1.807, 2.05) is 31.2 Å². The average molecular weight is 383 g/mol. The van der Waals surface area contributed by atoms with Gasteiger partial charge in [0.05, 0.1) is 23.7 Å². The van der Waals surface area contributed by atoms with Crippen LogP contribution in [-0.4, -0.2) is 15.5 Å². The summed E-state index contributed by atoms with van der Waals surface area (Å²) in [5.74, 6) is 0.0531. The van der Waals surface area contributed by atoms with Crippen LogP contribution in [0.15, 0.2) is 71.6 Å². The number of hydrogen-bond donors (Lipinski definition) is 0. The van der Waals surface area contributed by atoms with Gasteiger partial charge in [0.15, 0.2) is 0 Å². The lowest BCUT2D eigenvalue weighted by Gasteiger charge is -2.37. The van der Waals surface area contributed by atoms with Crippen molar-refractivity contribution in [1.29, 1.82) is 0 Å². The molecule has 6 heteroatoms. The van der Waals surface area contributed by atoms with Gasteiger partial charge in [-0.15, -0.1) is 0 Å². The van der Waals surface area contributed by atoms with Gasteiger partial charge in [-0.1, -0.05) is 30.3 Å². The molecule has 0 saturated carbocycles. The number of ether oxygens (including phenoxy) is 1. The van der Waals surface area contributed by atoms with E-state index in [0.717, 1.165) is 11.1 Å². The minimum Gasteiger partial charge on any atom is -0.497 e. The van der Waals surface area contributed by atoms with Crippen LogP contribution in [0.3, 0.4) is 0 Å². The van der Waals surface area contributed by atoms with E-state index in [1.165, 1.54) is 41.7 Å². The van der Waals surface area contributed by atoms with Gasteiger partial charge in [0.25, 0.3) is 10.0 Å². The number of halogens is 1. The zero-order chi connectivity index (χ0) is 19.2. The molecule has 0 aliphatic carbocycles. The zero-order valence-electron chi connectivity index (χ0n) is 14.9. The maximum atomic E-state index is 13.9. The fourth-order valence-electron chi connectivity index (χ4n) is 3.57. The van der Waals surface area contributed by atoms with E-state index in [2.05, 4.69) is 0 Å². The van der Waals surface area contributed by atoms with Crippen LogP contribution in [0, 0.1) is 5.82 Å². The Morgan fingerprint density at radius 2 is 1.74 bits per heavy atom. The molecule has 0 saturated heterocycles. The second kappa shape index (κ2) is 6.39. The number of nitrogens with zero attached hydrogens (tertiary/aromatic N) is 1. The first-order valence-electron chi connectivity index (χ1n) is 8.51. The summed E-state index contributed by atoms with van der Waals surface area (Å²) in [7, 11) is -2.39. The van der Waals surface area contributed by atoms with Crippen LogP contribution < -0.4 is 9.04 Å². The van der Waals surface area contributed by atoms with Gasteiger partial charge in [0, 0.05) is 11.6 Å². The molecule has 4 nitrogen and oxygen atoms in total. The molecule has 0 bridgehead atoms. The maximum Gasteiger partial charge on any atom is 0.265 e. The molecule has 0 aromatic heterocycles. The third kappa shape index (κ3) is 2.77. The van der Waals surface area contributed by atoms with Crippen molar-refractivity contribution >= 4 is 15.7 Å². The van der Waals surface area contributed by atoms with Crippen molar-refractivity contribution in [2.45, 2.75) is 17.9 Å². The molecule has 4 rings (SSSR count). The topological polar surface area (TPSA) is 46.6 Å². The molecule has 0 N–H and O–H groups in total. The first kappa shape index (κ1) is 17.5. The number of methoxy groups -OCH3 is 1. The van der Waals surface area contributed by atoms with Crippen molar-refractivity contribution in [2.24, 2.45) is 0 Å². The standard InChI is InChI=1S/C21H18FNO3S/c1-14-18-8-3-4-9-19(18)20-12-15(22)10-11-21(20)23(14)27(24,25)17-7-5-6-16(13-17)26-2/h3-14H,1-2H3. The lowest BCUT2D eigenvalue weighted by Crippen LogP contribution is -2.36. The number of rotatable bonds is 3. The lowest BCUT2D eigenvalue weighted by molar-refractivity contribution is 0.413. The van der Waals surface area contributed by atoms with E-state index in [0.29, 0.717) is 17.0 Å². The highest BCUT2D eigenvalue weighted by Gasteiger charge is 2.37. The van der Waals surface area contributed by atoms with E-state index in [4.69, 9.17) is 4.74 Å². The Morgan fingerprint density at radius 1 is 0.963 bits per heavy atom. The number of benzene rings is 3. The Balaban J connectivity index is 1.96. The first-order valence-corrected chi connectivity index (χ1v) is 9.95. The Bertz CT molecular complexity index is 1130. The lowest BCUT2D eigenvalue weighted by atomic mass is 9.90. The minimum absolute atomic E-state index is 0.128. The third-order valence-electron chi connectivity index (χ3n) is 4.85. The molecule has 3 aromatic carbocycles. The van der Waals surface area contributed by atoms with Crippen molar-refractivity contribution in [1.82, 2.24) is 0 Å². The normalized spacial score (nSPS) is 15.8. The summed E-state index contributed by atoms with van der Waals surface area (Å²) in [4.78, 5) is 0.128. The Morgan fingerprint density at radius 3 is 2.52 bits per heavy atom. The highest BCUT2D eigenvalue weighted by molar-refractivity contribution is 7.92. The number of sulfonamides is 1. The Kier molecular flexibility index (Phi) is 4.15. The fraction of sp³-hybridized carbons (Fsp3) is 0.143. The smallest absolute Gasteiger partial charge is 0.265 e. The van der Waals surface area contributed by atoms with Crippen LogP contribution in [0.2, 0.25) is 0 Å². The maximum absolute atomic E-state index is 13.9. The predicted molar refractivity (Wildman–Crippen MR) is 103 cm³/mol. The van der Waals surface area contributed by atoms with Crippen LogP contribution >= 0.6 is 0 Å². The largest absolute Gasteiger partial charge is 0.497 e. The molecular formula is C21H18FNO3S. The molecule has 1 heterocycles. The van der Waals surface area contributed by atoms with Gasteiger partial charge in [-0.3, -0.25) is 4.31 Å². The van der Waals surface area contributed by atoms with E-state index in [-0.39, 0.29) is 4.90 Å². The molecular weight excluding hydrogens is 365 g/mol.